The van der Waals surface area contributed by atoms with Crippen molar-refractivity contribution >= 4 is 67.4 Å². The highest BCUT2D eigenvalue weighted by molar-refractivity contribution is 6.82. The Morgan fingerprint density at radius 3 is 2.15 bits per heavy atom. The molecule has 0 radical (unpaired) electrons. The lowest BCUT2D eigenvalue weighted by molar-refractivity contribution is 1.18. The van der Waals surface area contributed by atoms with Crippen molar-refractivity contribution in [2.75, 3.05) is 4.81 Å². The third-order valence-corrected chi connectivity index (χ3v) is 8.96. The number of fused-ring (bicyclic) bond motifs is 14. The van der Waals surface area contributed by atoms with E-state index in [1.807, 2.05) is 12.4 Å². The van der Waals surface area contributed by atoms with Crippen LogP contribution in [0.25, 0.3) is 60.4 Å². The van der Waals surface area contributed by atoms with Gasteiger partial charge in [0.2, 0.25) is 0 Å². The van der Waals surface area contributed by atoms with Gasteiger partial charge in [0.25, 0.3) is 0 Å². The maximum atomic E-state index is 4.46. The maximum absolute atomic E-state index is 4.46. The van der Waals surface area contributed by atoms with E-state index < -0.39 is 0 Å². The topological polar surface area (TPSA) is 26.0 Å². The van der Waals surface area contributed by atoms with Gasteiger partial charge in [0.15, 0.2) is 0 Å². The first-order valence-corrected chi connectivity index (χ1v) is 13.8. The fourth-order valence-electron chi connectivity index (χ4n) is 7.42. The minimum Gasteiger partial charge on any atom is -0.359 e. The second kappa shape index (κ2) is 7.22. The molecule has 0 amide bonds. The summed E-state index contributed by atoms with van der Waals surface area (Å²) in [6.45, 7) is 0.0580. The van der Waals surface area contributed by atoms with Gasteiger partial charge in [-0.25, -0.2) is 0 Å². The van der Waals surface area contributed by atoms with Gasteiger partial charge in [-0.15, -0.1) is 0 Å². The Morgan fingerprint density at radius 1 is 0.550 bits per heavy atom. The molecule has 8 aromatic rings. The van der Waals surface area contributed by atoms with E-state index in [-0.39, 0.29) is 6.98 Å². The predicted molar refractivity (Wildman–Crippen MR) is 166 cm³/mol. The molecule has 4 nitrogen and oxygen atoms in total. The number of benzene rings is 5. The van der Waals surface area contributed by atoms with Crippen LogP contribution < -0.4 is 10.3 Å². The van der Waals surface area contributed by atoms with Crippen LogP contribution in [0.1, 0.15) is 0 Å². The minimum atomic E-state index is 0.0580. The van der Waals surface area contributed by atoms with Crippen molar-refractivity contribution in [3.8, 4) is 16.8 Å². The molecule has 5 aromatic carbocycles. The number of hydrogen-bond acceptors (Lipinski definition) is 2. The Bertz CT molecular complexity index is 2310. The fraction of sp³-hybridized carbons (Fsp3) is 0. The van der Waals surface area contributed by atoms with E-state index in [9.17, 15) is 0 Å². The van der Waals surface area contributed by atoms with Gasteiger partial charge in [-0.05, 0) is 53.5 Å². The monoisotopic (exact) mass is 508 g/mol. The summed E-state index contributed by atoms with van der Waals surface area (Å²) in [6.07, 6.45) is 3.92. The zero-order valence-electron chi connectivity index (χ0n) is 21.5. The number of aromatic nitrogens is 3. The molecule has 40 heavy (non-hydrogen) atoms. The molecule has 10 rings (SSSR count). The number of pyridine rings is 1. The van der Waals surface area contributed by atoms with Crippen molar-refractivity contribution in [3.05, 3.63) is 128 Å². The van der Waals surface area contributed by atoms with Gasteiger partial charge in [-0.3, -0.25) is 4.98 Å². The van der Waals surface area contributed by atoms with Crippen LogP contribution in [0.2, 0.25) is 0 Å². The van der Waals surface area contributed by atoms with E-state index in [0.717, 1.165) is 0 Å². The molecular formula is C35H21BN4. The van der Waals surface area contributed by atoms with Crippen LogP contribution in [0.15, 0.2) is 128 Å². The van der Waals surface area contributed by atoms with Crippen molar-refractivity contribution in [2.45, 2.75) is 0 Å². The van der Waals surface area contributed by atoms with Crippen molar-refractivity contribution in [2.24, 2.45) is 0 Å². The Balaban J connectivity index is 1.29. The van der Waals surface area contributed by atoms with E-state index in [1.165, 1.54) is 77.3 Å². The van der Waals surface area contributed by atoms with E-state index >= 15 is 0 Å². The molecule has 2 aliphatic heterocycles. The Kier molecular flexibility index (Phi) is 3.73. The lowest BCUT2D eigenvalue weighted by Crippen LogP contribution is -2.51. The van der Waals surface area contributed by atoms with Gasteiger partial charge in [0, 0.05) is 56.4 Å². The Morgan fingerprint density at radius 2 is 1.30 bits per heavy atom. The molecule has 184 valence electrons. The predicted octanol–water partition coefficient (Wildman–Crippen LogP) is 7.66. The number of nitrogens with zero attached hydrogens (tertiary/aromatic N) is 4. The molecule has 0 N–H and O–H groups in total. The van der Waals surface area contributed by atoms with Gasteiger partial charge in [-0.1, -0.05) is 72.8 Å². The number of rotatable bonds is 1. The number of anilines is 2. The summed E-state index contributed by atoms with van der Waals surface area (Å²) in [6, 6.07) is 42.2. The van der Waals surface area contributed by atoms with Gasteiger partial charge in [0.1, 0.15) is 0 Å². The Hall–Kier alpha value is -5.29. The molecule has 0 bridgehead atoms. The summed E-state index contributed by atoms with van der Waals surface area (Å²) < 4.78 is 4.93. The number of para-hydroxylation sites is 3. The van der Waals surface area contributed by atoms with E-state index in [0.29, 0.717) is 0 Å². The lowest BCUT2D eigenvalue weighted by Gasteiger charge is -2.35. The molecule has 5 heterocycles. The molecule has 3 aromatic heterocycles. The van der Waals surface area contributed by atoms with Crippen LogP contribution in [0.3, 0.4) is 0 Å². The smallest absolute Gasteiger partial charge is 0.359 e. The number of hydrogen-bond donors (Lipinski definition) is 0. The molecule has 0 fully saturated rings. The molecule has 0 atom stereocenters. The van der Waals surface area contributed by atoms with Crippen LogP contribution in [0.5, 0.6) is 0 Å². The molecule has 0 saturated heterocycles. The molecule has 2 aliphatic rings. The normalized spacial score (nSPS) is 13.4. The first-order valence-electron chi connectivity index (χ1n) is 13.8. The SMILES string of the molecule is c1ccc2c(c1)B1N(c3ccc(-n4c5ccccc5c5ccccc54)cc3-2)c2cccc3c4cnccc4n1c23. The Labute approximate surface area is 230 Å². The largest absolute Gasteiger partial charge is 0.421 e. The van der Waals surface area contributed by atoms with E-state index in [1.54, 1.807) is 0 Å². The van der Waals surface area contributed by atoms with Crippen molar-refractivity contribution in [1.82, 2.24) is 14.0 Å². The zero-order chi connectivity index (χ0) is 25.9. The highest BCUT2D eigenvalue weighted by atomic mass is 15.2. The van der Waals surface area contributed by atoms with Gasteiger partial charge in [-0.2, -0.15) is 0 Å². The summed E-state index contributed by atoms with van der Waals surface area (Å²) in [5.74, 6) is 0. The van der Waals surface area contributed by atoms with Crippen LogP contribution in [0, 0.1) is 0 Å². The van der Waals surface area contributed by atoms with Crippen LogP contribution in [-0.4, -0.2) is 21.0 Å². The maximum Gasteiger partial charge on any atom is 0.421 e. The highest BCUT2D eigenvalue weighted by Gasteiger charge is 2.44. The summed E-state index contributed by atoms with van der Waals surface area (Å²) in [7, 11) is 0. The van der Waals surface area contributed by atoms with E-state index in [2.05, 4.69) is 134 Å². The molecule has 0 aliphatic carbocycles. The van der Waals surface area contributed by atoms with Crippen molar-refractivity contribution in [1.29, 1.82) is 0 Å². The standard InChI is InChI=1S/C35H21BN4/c1-4-12-29-23(8-1)27-20-22(38-30-13-5-2-9-24(30)25-10-3-6-14-31(25)38)16-17-32(27)39-34-15-7-11-26-28-21-37-19-18-33(28)40(35(26)34)36(29)39/h1-21H. The van der Waals surface area contributed by atoms with Crippen LogP contribution >= 0.6 is 0 Å². The zero-order valence-corrected chi connectivity index (χ0v) is 21.5. The third kappa shape index (κ3) is 2.37. The third-order valence-electron chi connectivity index (χ3n) is 8.96. The lowest BCUT2D eigenvalue weighted by atomic mass is 9.60. The van der Waals surface area contributed by atoms with Crippen LogP contribution in [-0.2, 0) is 0 Å². The molecule has 0 saturated carbocycles. The molecule has 0 unspecified atom stereocenters. The molecule has 0 spiro atoms. The molecule has 5 heteroatoms. The van der Waals surface area contributed by atoms with Gasteiger partial charge < -0.3 is 13.9 Å². The van der Waals surface area contributed by atoms with Crippen molar-refractivity contribution in [3.63, 3.8) is 0 Å². The van der Waals surface area contributed by atoms with Crippen molar-refractivity contribution < 1.29 is 0 Å². The quantitative estimate of drug-likeness (QED) is 0.213. The average Bonchev–Trinajstić information content (AvgIpc) is 3.66. The highest BCUT2D eigenvalue weighted by Crippen LogP contribution is 2.49. The summed E-state index contributed by atoms with van der Waals surface area (Å²) in [4.78, 5) is 7.00. The summed E-state index contributed by atoms with van der Waals surface area (Å²) in [5, 5.41) is 5.03. The summed E-state index contributed by atoms with van der Waals surface area (Å²) >= 11 is 0. The average molecular weight is 508 g/mol. The molecular weight excluding hydrogens is 487 g/mol. The van der Waals surface area contributed by atoms with Crippen LogP contribution in [0.4, 0.5) is 11.4 Å². The van der Waals surface area contributed by atoms with E-state index in [4.69, 9.17) is 0 Å². The first kappa shape index (κ1) is 20.6. The summed E-state index contributed by atoms with van der Waals surface area (Å²) in [5.41, 5.74) is 12.5. The second-order valence-electron chi connectivity index (χ2n) is 10.8. The van der Waals surface area contributed by atoms with Gasteiger partial charge >= 0.3 is 6.98 Å². The second-order valence-corrected chi connectivity index (χ2v) is 10.8. The first-order chi connectivity index (χ1) is 19.9. The fourth-order valence-corrected chi connectivity index (χ4v) is 7.42. The van der Waals surface area contributed by atoms with Gasteiger partial charge in [0.05, 0.1) is 22.2 Å². The minimum absolute atomic E-state index is 0.0580.